The van der Waals surface area contributed by atoms with E-state index in [1.807, 2.05) is 35.3 Å². The van der Waals surface area contributed by atoms with Crippen LogP contribution in [-0.4, -0.2) is 55.6 Å². The number of thiazole rings is 1. The van der Waals surface area contributed by atoms with Crippen molar-refractivity contribution in [3.8, 4) is 11.3 Å². The number of hydrogen-bond donors (Lipinski definition) is 1. The van der Waals surface area contributed by atoms with Crippen LogP contribution in [0.25, 0.3) is 21.5 Å². The molecule has 6 rings (SSSR count). The van der Waals surface area contributed by atoms with E-state index in [1.165, 1.54) is 17.1 Å². The van der Waals surface area contributed by atoms with Crippen LogP contribution >= 0.6 is 22.9 Å². The molecule has 1 aliphatic rings. The fourth-order valence-electron chi connectivity index (χ4n) is 4.09. The molecule has 2 aromatic carbocycles. The van der Waals surface area contributed by atoms with Gasteiger partial charge in [-0.15, -0.1) is 16.4 Å². The third-order valence-electron chi connectivity index (χ3n) is 5.92. The largest absolute Gasteiger partial charge is 0.340 e. The minimum Gasteiger partial charge on any atom is -0.340 e. The first-order chi connectivity index (χ1) is 16.8. The number of hydrogen-bond acceptors (Lipinski definition) is 10. The van der Waals surface area contributed by atoms with Crippen LogP contribution < -0.4 is 10.2 Å². The summed E-state index contributed by atoms with van der Waals surface area (Å²) in [6.07, 6.45) is 1.82. The van der Waals surface area contributed by atoms with Crippen molar-refractivity contribution in [3.63, 3.8) is 0 Å². The molecule has 170 valence electrons. The molecule has 1 fully saturated rings. The van der Waals surface area contributed by atoms with Gasteiger partial charge in [-0.05, 0) is 41.4 Å². The van der Waals surface area contributed by atoms with Gasteiger partial charge < -0.3 is 10.2 Å². The van der Waals surface area contributed by atoms with Gasteiger partial charge in [-0.1, -0.05) is 28.8 Å². The first-order valence-corrected chi connectivity index (χ1v) is 12.8. The van der Waals surface area contributed by atoms with Gasteiger partial charge in [-0.3, -0.25) is 4.90 Å². The van der Waals surface area contributed by atoms with Crippen molar-refractivity contribution in [2.24, 2.45) is 0 Å². The third kappa shape index (κ3) is 4.60. The zero-order valence-corrected chi connectivity index (χ0v) is 20.0. The van der Waals surface area contributed by atoms with E-state index in [-0.39, 0.29) is 0 Å². The van der Waals surface area contributed by atoms with Gasteiger partial charge in [0, 0.05) is 55.6 Å². The van der Waals surface area contributed by atoms with E-state index in [0.29, 0.717) is 0 Å². The summed E-state index contributed by atoms with van der Waals surface area (Å²) in [5.41, 5.74) is 7.24. The third-order valence-corrected chi connectivity index (χ3v) is 7.21. The Balaban J connectivity index is 1.06. The Morgan fingerprint density at radius 3 is 2.65 bits per heavy atom. The van der Waals surface area contributed by atoms with Gasteiger partial charge in [-0.25, -0.2) is 9.97 Å². The molecule has 0 atom stereocenters. The fraction of sp³-hybridized carbons (Fsp3) is 0.208. The molecule has 1 N–H and O–H groups in total. The first-order valence-electron chi connectivity index (χ1n) is 11.1. The Kier molecular flexibility index (Phi) is 5.84. The lowest BCUT2D eigenvalue weighted by molar-refractivity contribution is 0.249. The number of benzene rings is 2. The van der Waals surface area contributed by atoms with Crippen LogP contribution in [-0.2, 0) is 6.54 Å². The average molecular weight is 487 g/mol. The number of piperazine rings is 1. The maximum atomic E-state index is 4.77. The van der Waals surface area contributed by atoms with E-state index in [0.717, 1.165) is 71.7 Å². The van der Waals surface area contributed by atoms with Crippen molar-refractivity contribution in [2.75, 3.05) is 36.4 Å². The second-order valence-electron chi connectivity index (χ2n) is 8.15. The van der Waals surface area contributed by atoms with E-state index in [1.54, 1.807) is 11.3 Å². The van der Waals surface area contributed by atoms with E-state index in [4.69, 9.17) is 4.98 Å². The molecule has 5 aromatic rings. The Labute approximate surface area is 205 Å². The van der Waals surface area contributed by atoms with E-state index in [9.17, 15) is 0 Å². The molecular formula is C24H22N8S2. The molecular weight excluding hydrogens is 464 g/mol. The summed E-state index contributed by atoms with van der Waals surface area (Å²) in [5.74, 6) is 1.57. The van der Waals surface area contributed by atoms with Gasteiger partial charge >= 0.3 is 0 Å². The van der Waals surface area contributed by atoms with Crippen LogP contribution in [0.5, 0.6) is 0 Å². The van der Waals surface area contributed by atoms with Gasteiger partial charge in [0.2, 0.25) is 5.95 Å². The highest BCUT2D eigenvalue weighted by Gasteiger charge is 2.19. The van der Waals surface area contributed by atoms with Crippen molar-refractivity contribution >= 4 is 50.5 Å². The second kappa shape index (κ2) is 9.41. The normalized spacial score (nSPS) is 14.5. The van der Waals surface area contributed by atoms with Crippen LogP contribution in [0, 0.1) is 0 Å². The maximum Gasteiger partial charge on any atom is 0.227 e. The number of aromatic nitrogens is 5. The van der Waals surface area contributed by atoms with Gasteiger partial charge in [0.25, 0.3) is 0 Å². The first kappa shape index (κ1) is 21.1. The Morgan fingerprint density at radius 2 is 1.82 bits per heavy atom. The van der Waals surface area contributed by atoms with Crippen molar-refractivity contribution < 1.29 is 0 Å². The molecule has 10 heteroatoms. The van der Waals surface area contributed by atoms with Crippen LogP contribution in [0.3, 0.4) is 0 Å². The highest BCUT2D eigenvalue weighted by Crippen LogP contribution is 2.25. The number of nitrogens with one attached hydrogen (secondary N) is 1. The summed E-state index contributed by atoms with van der Waals surface area (Å²) in [5, 5.41) is 9.52. The molecule has 34 heavy (non-hydrogen) atoms. The number of rotatable bonds is 6. The lowest BCUT2D eigenvalue weighted by Gasteiger charge is -2.34. The molecule has 0 amide bonds. The zero-order valence-electron chi connectivity index (χ0n) is 18.3. The summed E-state index contributed by atoms with van der Waals surface area (Å²) in [6.45, 7) is 4.69. The molecule has 4 heterocycles. The van der Waals surface area contributed by atoms with Crippen LogP contribution in [0.2, 0.25) is 0 Å². The van der Waals surface area contributed by atoms with Crippen LogP contribution in [0.15, 0.2) is 65.6 Å². The average Bonchev–Trinajstić information content (AvgIpc) is 3.58. The molecule has 0 spiro atoms. The van der Waals surface area contributed by atoms with E-state index in [2.05, 4.69) is 65.0 Å². The minimum atomic E-state index is 0.768. The van der Waals surface area contributed by atoms with Crippen LogP contribution in [0.4, 0.5) is 17.5 Å². The molecule has 1 aliphatic heterocycles. The van der Waals surface area contributed by atoms with Crippen LogP contribution in [0.1, 0.15) is 5.56 Å². The molecule has 0 aliphatic carbocycles. The van der Waals surface area contributed by atoms with E-state index >= 15 is 0 Å². The van der Waals surface area contributed by atoms with Gasteiger partial charge in [0.15, 0.2) is 0 Å². The van der Waals surface area contributed by atoms with Crippen molar-refractivity contribution in [1.82, 2.24) is 29.4 Å². The minimum absolute atomic E-state index is 0.768. The highest BCUT2D eigenvalue weighted by atomic mass is 32.1. The number of fused-ring (bicyclic) bond motifs is 1. The predicted octanol–water partition coefficient (Wildman–Crippen LogP) is 4.67. The summed E-state index contributed by atoms with van der Waals surface area (Å²) >= 11 is 3.01. The molecule has 3 aromatic heterocycles. The lowest BCUT2D eigenvalue weighted by Crippen LogP contribution is -2.46. The Hall–Kier alpha value is -3.47. The summed E-state index contributed by atoms with van der Waals surface area (Å²) in [6, 6.07) is 16.7. The standard InChI is InChI=1S/C24H22N8S2/c1-3-18(21-15-34-30-29-21)4-2-17(1)14-31-9-11-32(12-10-31)24-25-8-7-23(28-24)27-19-5-6-20-22(13-19)33-16-26-20/h1-8,13,15-16H,9-12,14H2,(H,25,27,28). The molecule has 8 nitrogen and oxygen atoms in total. The predicted molar refractivity (Wildman–Crippen MR) is 138 cm³/mol. The quantitative estimate of drug-likeness (QED) is 0.371. The molecule has 0 bridgehead atoms. The fourth-order valence-corrected chi connectivity index (χ4v) is 5.27. The number of anilines is 3. The molecule has 0 saturated carbocycles. The lowest BCUT2D eigenvalue weighted by atomic mass is 10.1. The second-order valence-corrected chi connectivity index (χ2v) is 9.65. The zero-order chi connectivity index (χ0) is 22.7. The SMILES string of the molecule is c1cc(Nc2ccc3ncsc3c2)nc(N2CCN(Cc3ccc(-c4csnn4)cc3)CC2)n1. The topological polar surface area (TPSA) is 83.0 Å². The van der Waals surface area contributed by atoms with Gasteiger partial charge in [0.1, 0.15) is 11.5 Å². The summed E-state index contributed by atoms with van der Waals surface area (Å²) in [4.78, 5) is 18.4. The molecule has 0 unspecified atom stereocenters. The van der Waals surface area contributed by atoms with Gasteiger partial charge in [-0.2, -0.15) is 4.98 Å². The highest BCUT2D eigenvalue weighted by molar-refractivity contribution is 7.16. The smallest absolute Gasteiger partial charge is 0.227 e. The van der Waals surface area contributed by atoms with Crippen molar-refractivity contribution in [1.29, 1.82) is 0 Å². The number of nitrogens with zero attached hydrogens (tertiary/aromatic N) is 7. The Bertz CT molecular complexity index is 1380. The monoisotopic (exact) mass is 486 g/mol. The summed E-state index contributed by atoms with van der Waals surface area (Å²) < 4.78 is 5.10. The van der Waals surface area contributed by atoms with E-state index < -0.39 is 0 Å². The summed E-state index contributed by atoms with van der Waals surface area (Å²) in [7, 11) is 0. The van der Waals surface area contributed by atoms with Crippen molar-refractivity contribution in [2.45, 2.75) is 6.54 Å². The Morgan fingerprint density at radius 1 is 0.941 bits per heavy atom. The molecule has 0 radical (unpaired) electrons. The molecule has 1 saturated heterocycles. The maximum absolute atomic E-state index is 4.77. The van der Waals surface area contributed by atoms with Gasteiger partial charge in [0.05, 0.1) is 15.7 Å². The van der Waals surface area contributed by atoms with Crippen molar-refractivity contribution in [3.05, 3.63) is 71.2 Å².